The maximum absolute atomic E-state index is 12.2. The van der Waals surface area contributed by atoms with E-state index in [1.54, 1.807) is 6.07 Å². The first-order valence-electron chi connectivity index (χ1n) is 11.4. The molecule has 4 aromatic rings. The van der Waals surface area contributed by atoms with Gasteiger partial charge in [0, 0.05) is 22.5 Å². The van der Waals surface area contributed by atoms with Gasteiger partial charge < -0.3 is 15.4 Å². The van der Waals surface area contributed by atoms with Gasteiger partial charge in [-0.3, -0.25) is 0 Å². The lowest BCUT2D eigenvalue weighted by Crippen LogP contribution is -2.15. The minimum atomic E-state index is -0.356. The molecule has 0 heterocycles. The van der Waals surface area contributed by atoms with Gasteiger partial charge in [-0.05, 0) is 77.2 Å². The van der Waals surface area contributed by atoms with E-state index in [2.05, 4.69) is 92.1 Å². The molecule has 0 aromatic heterocycles. The molecule has 0 saturated heterocycles. The Morgan fingerprint density at radius 3 is 1.85 bits per heavy atom. The van der Waals surface area contributed by atoms with Gasteiger partial charge in [0.15, 0.2) is 0 Å². The molecule has 0 spiro atoms. The number of methoxy groups -OCH3 is 1. The Bertz CT molecular complexity index is 1400. The number of carbonyl (C=O) groups is 1. The summed E-state index contributed by atoms with van der Waals surface area (Å²) in [6.45, 7) is 6.64. The first-order valence-corrected chi connectivity index (χ1v) is 11.4. The first kappa shape index (κ1) is 21.8. The van der Waals surface area contributed by atoms with Crippen molar-refractivity contribution in [3.05, 3.63) is 107 Å². The summed E-state index contributed by atoms with van der Waals surface area (Å²) in [5.74, 6) is -0.356. The van der Waals surface area contributed by atoms with Gasteiger partial charge in [-0.2, -0.15) is 0 Å². The van der Waals surface area contributed by atoms with Gasteiger partial charge in [0.2, 0.25) is 0 Å². The number of ether oxygens (including phenoxy) is 1. The minimum absolute atomic E-state index is 0.159. The summed E-state index contributed by atoms with van der Waals surface area (Å²) in [4.78, 5) is 12.2. The Morgan fingerprint density at radius 2 is 1.26 bits per heavy atom. The van der Waals surface area contributed by atoms with Gasteiger partial charge >= 0.3 is 5.97 Å². The molecule has 0 fully saturated rings. The Kier molecular flexibility index (Phi) is 5.37. The predicted octanol–water partition coefficient (Wildman–Crippen LogP) is 7.58. The largest absolute Gasteiger partial charge is 0.465 e. The first-order chi connectivity index (χ1) is 16.4. The smallest absolute Gasteiger partial charge is 0.339 e. The van der Waals surface area contributed by atoms with Gasteiger partial charge in [0.25, 0.3) is 0 Å². The van der Waals surface area contributed by atoms with Gasteiger partial charge in [0.1, 0.15) is 0 Å². The fourth-order valence-electron chi connectivity index (χ4n) is 4.80. The van der Waals surface area contributed by atoms with Crippen LogP contribution in [-0.2, 0) is 10.2 Å². The van der Waals surface area contributed by atoms with Crippen molar-refractivity contribution in [1.29, 1.82) is 0 Å². The maximum Gasteiger partial charge on any atom is 0.339 e. The SMILES string of the molecule is COC(=O)c1ccccc1Nc1ccc2c(c1)C(C)(C)c1cc(Nc3ccccc3C)ccc1-2. The van der Waals surface area contributed by atoms with Crippen LogP contribution in [0.5, 0.6) is 0 Å². The van der Waals surface area contributed by atoms with Crippen molar-refractivity contribution in [3.8, 4) is 11.1 Å². The van der Waals surface area contributed by atoms with Crippen molar-refractivity contribution in [2.45, 2.75) is 26.2 Å². The fourth-order valence-corrected chi connectivity index (χ4v) is 4.80. The quantitative estimate of drug-likeness (QED) is 0.309. The standard InChI is InChI=1S/C30H28N2O2/c1-19-9-5-7-11-27(19)31-20-13-15-22-23-16-14-21(18-26(23)30(2,3)25(22)17-20)32-28-12-8-6-10-24(28)29(33)34-4/h5-18,31-32H,1-4H3. The van der Waals surface area contributed by atoms with Crippen LogP contribution in [0.1, 0.15) is 40.9 Å². The Morgan fingerprint density at radius 1 is 0.735 bits per heavy atom. The monoisotopic (exact) mass is 448 g/mol. The Balaban J connectivity index is 1.48. The predicted molar refractivity (Wildman–Crippen MR) is 140 cm³/mol. The van der Waals surface area contributed by atoms with Crippen molar-refractivity contribution in [3.63, 3.8) is 0 Å². The highest BCUT2D eigenvalue weighted by molar-refractivity contribution is 5.96. The molecule has 4 nitrogen and oxygen atoms in total. The highest BCUT2D eigenvalue weighted by Gasteiger charge is 2.35. The van der Waals surface area contributed by atoms with E-state index in [0.717, 1.165) is 22.7 Å². The molecule has 4 heteroatoms. The Labute approximate surface area is 200 Å². The molecule has 0 aliphatic heterocycles. The van der Waals surface area contributed by atoms with Crippen molar-refractivity contribution in [2.75, 3.05) is 17.7 Å². The summed E-state index contributed by atoms with van der Waals surface area (Å²) in [5, 5.41) is 7.00. The zero-order valence-corrected chi connectivity index (χ0v) is 19.9. The normalized spacial score (nSPS) is 13.1. The summed E-state index contributed by atoms with van der Waals surface area (Å²) >= 11 is 0. The van der Waals surface area contributed by atoms with Gasteiger partial charge in [-0.15, -0.1) is 0 Å². The van der Waals surface area contributed by atoms with Crippen molar-refractivity contribution >= 4 is 28.7 Å². The molecule has 0 unspecified atom stereocenters. The van der Waals surface area contributed by atoms with Crippen LogP contribution in [0, 0.1) is 6.92 Å². The number of aryl methyl sites for hydroxylation is 1. The number of rotatable bonds is 5. The molecule has 2 N–H and O–H groups in total. The number of hydrogen-bond acceptors (Lipinski definition) is 4. The molecule has 1 aliphatic carbocycles. The molecule has 1 aliphatic rings. The lowest BCUT2D eigenvalue weighted by Gasteiger charge is -2.23. The summed E-state index contributed by atoms with van der Waals surface area (Å²) < 4.78 is 4.94. The molecule has 0 amide bonds. The van der Waals surface area contributed by atoms with Crippen LogP contribution in [0.15, 0.2) is 84.9 Å². The van der Waals surface area contributed by atoms with Gasteiger partial charge in [-0.1, -0.05) is 56.3 Å². The van der Waals surface area contributed by atoms with E-state index < -0.39 is 0 Å². The third kappa shape index (κ3) is 3.71. The minimum Gasteiger partial charge on any atom is -0.465 e. The molecule has 4 aromatic carbocycles. The van der Waals surface area contributed by atoms with E-state index in [4.69, 9.17) is 4.74 Å². The van der Waals surface area contributed by atoms with E-state index >= 15 is 0 Å². The second-order valence-electron chi connectivity index (χ2n) is 9.25. The summed E-state index contributed by atoms with van der Waals surface area (Å²) in [5.41, 5.74) is 10.5. The van der Waals surface area contributed by atoms with Crippen LogP contribution in [0.2, 0.25) is 0 Å². The zero-order chi connectivity index (χ0) is 23.9. The number of fused-ring (bicyclic) bond motifs is 3. The molecule has 170 valence electrons. The second-order valence-corrected chi connectivity index (χ2v) is 9.25. The second kappa shape index (κ2) is 8.38. The average molecular weight is 449 g/mol. The Hall–Kier alpha value is -4.05. The van der Waals surface area contributed by atoms with Crippen LogP contribution in [0.3, 0.4) is 0 Å². The molecule has 5 rings (SSSR count). The molecule has 0 saturated carbocycles. The summed E-state index contributed by atoms with van der Waals surface area (Å²) in [7, 11) is 1.40. The summed E-state index contributed by atoms with van der Waals surface area (Å²) in [6, 6.07) is 28.8. The van der Waals surface area contributed by atoms with E-state index in [1.807, 2.05) is 18.2 Å². The highest BCUT2D eigenvalue weighted by atomic mass is 16.5. The van der Waals surface area contributed by atoms with Crippen LogP contribution in [-0.4, -0.2) is 13.1 Å². The molecular weight excluding hydrogens is 420 g/mol. The van der Waals surface area contributed by atoms with Crippen LogP contribution >= 0.6 is 0 Å². The van der Waals surface area contributed by atoms with E-state index in [-0.39, 0.29) is 11.4 Å². The van der Waals surface area contributed by atoms with E-state index in [1.165, 1.54) is 34.9 Å². The number of benzene rings is 4. The molecule has 0 radical (unpaired) electrons. The van der Waals surface area contributed by atoms with E-state index in [0.29, 0.717) is 5.56 Å². The highest BCUT2D eigenvalue weighted by Crippen LogP contribution is 2.50. The van der Waals surface area contributed by atoms with Gasteiger partial charge in [-0.25, -0.2) is 4.79 Å². The van der Waals surface area contributed by atoms with E-state index in [9.17, 15) is 4.79 Å². The molecule has 0 bridgehead atoms. The third-order valence-corrected chi connectivity index (χ3v) is 6.71. The van der Waals surface area contributed by atoms with Crippen molar-refractivity contribution in [1.82, 2.24) is 0 Å². The molecule has 34 heavy (non-hydrogen) atoms. The number of esters is 1. The van der Waals surface area contributed by atoms with Crippen molar-refractivity contribution in [2.24, 2.45) is 0 Å². The average Bonchev–Trinajstić information content (AvgIpc) is 3.06. The molecular formula is C30H28N2O2. The number of hydrogen-bond donors (Lipinski definition) is 2. The lowest BCUT2D eigenvalue weighted by atomic mass is 9.82. The summed E-state index contributed by atoms with van der Waals surface area (Å²) in [6.07, 6.45) is 0. The van der Waals surface area contributed by atoms with Crippen LogP contribution in [0.25, 0.3) is 11.1 Å². The maximum atomic E-state index is 12.2. The third-order valence-electron chi connectivity index (χ3n) is 6.71. The fraction of sp³-hybridized carbons (Fsp3) is 0.167. The lowest BCUT2D eigenvalue weighted by molar-refractivity contribution is 0.0602. The van der Waals surface area contributed by atoms with Crippen LogP contribution in [0.4, 0.5) is 22.7 Å². The van der Waals surface area contributed by atoms with Crippen LogP contribution < -0.4 is 10.6 Å². The van der Waals surface area contributed by atoms with Gasteiger partial charge in [0.05, 0.1) is 18.4 Å². The zero-order valence-electron chi connectivity index (χ0n) is 19.9. The number of nitrogens with one attached hydrogen (secondary N) is 2. The topological polar surface area (TPSA) is 50.4 Å². The number of para-hydroxylation sites is 2. The number of anilines is 4. The van der Waals surface area contributed by atoms with Crippen molar-refractivity contribution < 1.29 is 9.53 Å². The number of carbonyl (C=O) groups excluding carboxylic acids is 1. The molecule has 0 atom stereocenters.